The van der Waals surface area contributed by atoms with Gasteiger partial charge in [0.1, 0.15) is 0 Å². The molecule has 1 nitrogen and oxygen atoms in total. The van der Waals surface area contributed by atoms with Crippen LogP contribution in [0.5, 0.6) is 0 Å². The highest BCUT2D eigenvalue weighted by Crippen LogP contribution is 2.36. The van der Waals surface area contributed by atoms with Gasteiger partial charge >= 0.3 is 0 Å². The van der Waals surface area contributed by atoms with Crippen LogP contribution in [0.1, 0.15) is 11.1 Å². The highest BCUT2D eigenvalue weighted by molar-refractivity contribution is 7.97. The zero-order chi connectivity index (χ0) is 10.8. The minimum absolute atomic E-state index is 1.01. The summed E-state index contributed by atoms with van der Waals surface area (Å²) in [6.07, 6.45) is 0. The average Bonchev–Trinajstić information content (AvgIpc) is 2.72. The van der Waals surface area contributed by atoms with E-state index in [0.29, 0.717) is 0 Å². The van der Waals surface area contributed by atoms with Gasteiger partial charge in [-0.15, -0.1) is 0 Å². The lowest BCUT2D eigenvalue weighted by molar-refractivity contribution is 0.475. The molecule has 0 aliphatic carbocycles. The Morgan fingerprint density at radius 1 is 0.938 bits per heavy atom. The van der Waals surface area contributed by atoms with Gasteiger partial charge in [-0.05, 0) is 29.1 Å². The van der Waals surface area contributed by atoms with E-state index in [2.05, 4.69) is 58.9 Å². The van der Waals surface area contributed by atoms with Gasteiger partial charge in [0.15, 0.2) is 0 Å². The van der Waals surface area contributed by atoms with Crippen LogP contribution in [0.25, 0.3) is 0 Å². The molecule has 0 amide bonds. The van der Waals surface area contributed by atoms with Gasteiger partial charge in [0.25, 0.3) is 0 Å². The number of benzene rings is 2. The standard InChI is InChI=1S/C14H13NS/c1-2-6-12(7-3-1)10-15-11-13-8-4-5-9-14(13)16-15/h1-9H,10-11H2. The van der Waals surface area contributed by atoms with Crippen LogP contribution < -0.4 is 0 Å². The van der Waals surface area contributed by atoms with Gasteiger partial charge in [-0.1, -0.05) is 48.5 Å². The topological polar surface area (TPSA) is 3.24 Å². The van der Waals surface area contributed by atoms with E-state index in [0.717, 1.165) is 13.1 Å². The van der Waals surface area contributed by atoms with Crippen LogP contribution >= 0.6 is 11.9 Å². The van der Waals surface area contributed by atoms with Crippen LogP contribution in [-0.2, 0) is 13.1 Å². The molecule has 0 bridgehead atoms. The normalized spacial score (nSPS) is 15.0. The molecule has 80 valence electrons. The minimum atomic E-state index is 1.01. The fourth-order valence-corrected chi connectivity index (χ4v) is 3.04. The summed E-state index contributed by atoms with van der Waals surface area (Å²) in [4.78, 5) is 1.40. The highest BCUT2D eigenvalue weighted by Gasteiger charge is 2.18. The SMILES string of the molecule is c1ccc(CN2Cc3ccccc3S2)cc1. The van der Waals surface area contributed by atoms with Gasteiger partial charge in [-0.25, -0.2) is 4.31 Å². The predicted molar refractivity (Wildman–Crippen MR) is 68.0 cm³/mol. The Morgan fingerprint density at radius 3 is 2.50 bits per heavy atom. The predicted octanol–water partition coefficient (Wildman–Crippen LogP) is 3.71. The molecule has 1 aliphatic heterocycles. The molecule has 16 heavy (non-hydrogen) atoms. The molecular weight excluding hydrogens is 214 g/mol. The van der Waals surface area contributed by atoms with E-state index >= 15 is 0 Å². The van der Waals surface area contributed by atoms with Gasteiger partial charge in [-0.2, -0.15) is 0 Å². The molecule has 0 atom stereocenters. The summed E-state index contributed by atoms with van der Waals surface area (Å²) in [7, 11) is 0. The number of nitrogens with zero attached hydrogens (tertiary/aromatic N) is 1. The Kier molecular flexibility index (Phi) is 2.68. The molecule has 1 aliphatic rings. The zero-order valence-electron chi connectivity index (χ0n) is 8.97. The second-order valence-electron chi connectivity index (χ2n) is 3.98. The van der Waals surface area contributed by atoms with Crippen molar-refractivity contribution >= 4 is 11.9 Å². The number of hydrogen-bond acceptors (Lipinski definition) is 2. The maximum absolute atomic E-state index is 2.40. The van der Waals surface area contributed by atoms with Crippen molar-refractivity contribution in [2.24, 2.45) is 0 Å². The van der Waals surface area contributed by atoms with Gasteiger partial charge in [0.05, 0.1) is 0 Å². The quantitative estimate of drug-likeness (QED) is 0.719. The number of fused-ring (bicyclic) bond motifs is 1. The second kappa shape index (κ2) is 4.32. The van der Waals surface area contributed by atoms with Crippen molar-refractivity contribution in [3.8, 4) is 0 Å². The van der Waals surface area contributed by atoms with Crippen molar-refractivity contribution in [3.63, 3.8) is 0 Å². The Labute approximate surface area is 100 Å². The van der Waals surface area contributed by atoms with Gasteiger partial charge in [-0.3, -0.25) is 0 Å². The molecule has 2 heteroatoms. The van der Waals surface area contributed by atoms with Crippen molar-refractivity contribution in [3.05, 3.63) is 65.7 Å². The van der Waals surface area contributed by atoms with E-state index in [-0.39, 0.29) is 0 Å². The lowest BCUT2D eigenvalue weighted by Crippen LogP contribution is -2.09. The van der Waals surface area contributed by atoms with Crippen molar-refractivity contribution in [1.29, 1.82) is 0 Å². The lowest BCUT2D eigenvalue weighted by Gasteiger charge is -2.12. The summed E-state index contributed by atoms with van der Waals surface area (Å²) < 4.78 is 2.40. The van der Waals surface area contributed by atoms with Gasteiger partial charge < -0.3 is 0 Å². The lowest BCUT2D eigenvalue weighted by atomic mass is 10.2. The first kappa shape index (κ1) is 9.94. The molecule has 2 aromatic rings. The van der Waals surface area contributed by atoms with E-state index in [9.17, 15) is 0 Å². The fraction of sp³-hybridized carbons (Fsp3) is 0.143. The molecule has 0 saturated carbocycles. The minimum Gasteiger partial charge on any atom is -0.238 e. The van der Waals surface area contributed by atoms with E-state index in [1.807, 2.05) is 11.9 Å². The highest BCUT2D eigenvalue weighted by atomic mass is 32.2. The third-order valence-electron chi connectivity index (χ3n) is 2.75. The molecule has 3 rings (SSSR count). The van der Waals surface area contributed by atoms with Crippen molar-refractivity contribution in [2.45, 2.75) is 18.0 Å². The molecular formula is C14H13NS. The van der Waals surface area contributed by atoms with Crippen LogP contribution in [-0.4, -0.2) is 4.31 Å². The maximum atomic E-state index is 2.40. The molecule has 0 spiro atoms. The summed E-state index contributed by atoms with van der Waals surface area (Å²) in [5.74, 6) is 0. The van der Waals surface area contributed by atoms with Gasteiger partial charge in [0, 0.05) is 18.0 Å². The van der Waals surface area contributed by atoms with E-state index in [4.69, 9.17) is 0 Å². The summed E-state index contributed by atoms with van der Waals surface area (Å²) in [6, 6.07) is 19.3. The first-order chi connectivity index (χ1) is 7.92. The van der Waals surface area contributed by atoms with Gasteiger partial charge in [0.2, 0.25) is 0 Å². The summed E-state index contributed by atoms with van der Waals surface area (Å²) >= 11 is 1.86. The Bertz CT molecular complexity index is 456. The fourth-order valence-electron chi connectivity index (χ4n) is 1.96. The first-order valence-corrected chi connectivity index (χ1v) is 6.24. The van der Waals surface area contributed by atoms with E-state index in [1.54, 1.807) is 0 Å². The van der Waals surface area contributed by atoms with Crippen LogP contribution in [0, 0.1) is 0 Å². The van der Waals surface area contributed by atoms with Crippen molar-refractivity contribution in [2.75, 3.05) is 0 Å². The molecule has 0 fully saturated rings. The van der Waals surface area contributed by atoms with Crippen molar-refractivity contribution < 1.29 is 0 Å². The molecule has 0 saturated heterocycles. The van der Waals surface area contributed by atoms with E-state index in [1.165, 1.54) is 16.0 Å². The first-order valence-electron chi connectivity index (χ1n) is 5.46. The molecule has 2 aromatic carbocycles. The molecule has 1 heterocycles. The van der Waals surface area contributed by atoms with Crippen LogP contribution in [0.4, 0.5) is 0 Å². The summed E-state index contributed by atoms with van der Waals surface area (Å²) in [6.45, 7) is 2.07. The molecule has 0 radical (unpaired) electrons. The average molecular weight is 227 g/mol. The third-order valence-corrected chi connectivity index (χ3v) is 3.86. The van der Waals surface area contributed by atoms with Crippen LogP contribution in [0.3, 0.4) is 0 Å². The number of hydrogen-bond donors (Lipinski definition) is 0. The summed E-state index contributed by atoms with van der Waals surface area (Å²) in [5.41, 5.74) is 2.83. The maximum Gasteiger partial charge on any atom is 0.0359 e. The molecule has 0 unspecified atom stereocenters. The zero-order valence-corrected chi connectivity index (χ0v) is 9.78. The van der Waals surface area contributed by atoms with Crippen molar-refractivity contribution in [1.82, 2.24) is 4.31 Å². The summed E-state index contributed by atoms with van der Waals surface area (Å²) in [5, 5.41) is 0. The van der Waals surface area contributed by atoms with Crippen LogP contribution in [0.15, 0.2) is 59.5 Å². The monoisotopic (exact) mass is 227 g/mol. The Balaban J connectivity index is 1.73. The Morgan fingerprint density at radius 2 is 1.69 bits per heavy atom. The molecule has 0 aromatic heterocycles. The van der Waals surface area contributed by atoms with Crippen LogP contribution in [0.2, 0.25) is 0 Å². The second-order valence-corrected chi connectivity index (χ2v) is 5.12. The molecule has 0 N–H and O–H groups in total. The Hall–Kier alpha value is -1.25. The largest absolute Gasteiger partial charge is 0.238 e. The van der Waals surface area contributed by atoms with E-state index < -0.39 is 0 Å². The number of rotatable bonds is 2. The third kappa shape index (κ3) is 1.99. The smallest absolute Gasteiger partial charge is 0.0359 e.